The molecule has 8 heteroatoms. The summed E-state index contributed by atoms with van der Waals surface area (Å²) in [5, 5.41) is 3.75. The molecule has 1 aromatic carbocycles. The van der Waals surface area contributed by atoms with E-state index >= 15 is 0 Å². The summed E-state index contributed by atoms with van der Waals surface area (Å²) in [4.78, 5) is 29.5. The molecule has 26 heavy (non-hydrogen) atoms. The highest BCUT2D eigenvalue weighted by atomic mass is 35.5. The highest BCUT2D eigenvalue weighted by molar-refractivity contribution is 7.99. The summed E-state index contributed by atoms with van der Waals surface area (Å²) in [7, 11) is 1.54. The Hall–Kier alpha value is -2.09. The first-order valence-electron chi connectivity index (χ1n) is 7.87. The van der Waals surface area contributed by atoms with Gasteiger partial charge in [-0.1, -0.05) is 23.4 Å². The van der Waals surface area contributed by atoms with Crippen molar-refractivity contribution in [1.29, 1.82) is 0 Å². The van der Waals surface area contributed by atoms with Crippen LogP contribution < -0.4 is 5.32 Å². The molecule has 0 spiro atoms. The van der Waals surface area contributed by atoms with E-state index in [0.717, 1.165) is 4.90 Å². The number of nitrogens with one attached hydrogen (secondary N) is 1. The van der Waals surface area contributed by atoms with E-state index in [4.69, 9.17) is 21.1 Å². The summed E-state index contributed by atoms with van der Waals surface area (Å²) in [5.41, 5.74) is 0.295. The molecule has 1 aromatic heterocycles. The minimum atomic E-state index is -0.923. The van der Waals surface area contributed by atoms with Crippen LogP contribution in [0.5, 0.6) is 0 Å². The van der Waals surface area contributed by atoms with Gasteiger partial charge in [0.05, 0.1) is 12.2 Å². The molecule has 1 atom stereocenters. The third-order valence-corrected chi connectivity index (χ3v) is 4.56. The highest BCUT2D eigenvalue weighted by Crippen LogP contribution is 2.29. The minimum Gasteiger partial charge on any atom is -0.449 e. The summed E-state index contributed by atoms with van der Waals surface area (Å²) in [6.45, 7) is 2.25. The van der Waals surface area contributed by atoms with Crippen molar-refractivity contribution in [2.45, 2.75) is 22.9 Å². The van der Waals surface area contributed by atoms with Crippen molar-refractivity contribution in [2.75, 3.05) is 20.3 Å². The topological polar surface area (TPSA) is 77.5 Å². The van der Waals surface area contributed by atoms with E-state index in [0.29, 0.717) is 28.8 Å². The van der Waals surface area contributed by atoms with E-state index in [1.807, 2.05) is 12.1 Å². The smallest absolute Gasteiger partial charge is 0.341 e. The van der Waals surface area contributed by atoms with Gasteiger partial charge in [0.15, 0.2) is 6.10 Å². The number of aromatic nitrogens is 1. The number of benzene rings is 1. The predicted octanol–water partition coefficient (Wildman–Crippen LogP) is 3.19. The van der Waals surface area contributed by atoms with E-state index in [1.165, 1.54) is 25.8 Å². The number of carbonyl (C=O) groups excluding carboxylic acids is 2. The molecule has 138 valence electrons. The Morgan fingerprint density at radius 2 is 2.00 bits per heavy atom. The van der Waals surface area contributed by atoms with Crippen LogP contribution in [0, 0.1) is 0 Å². The fourth-order valence-electron chi connectivity index (χ4n) is 1.94. The number of carbonyl (C=O) groups is 2. The zero-order valence-electron chi connectivity index (χ0n) is 14.4. The summed E-state index contributed by atoms with van der Waals surface area (Å²) >= 11 is 7.20. The lowest BCUT2D eigenvalue weighted by atomic mass is 10.3. The predicted molar refractivity (Wildman–Crippen MR) is 99.6 cm³/mol. The molecule has 0 aliphatic carbocycles. The number of ether oxygens (including phenoxy) is 2. The van der Waals surface area contributed by atoms with Gasteiger partial charge >= 0.3 is 5.97 Å². The maximum Gasteiger partial charge on any atom is 0.341 e. The van der Waals surface area contributed by atoms with Crippen molar-refractivity contribution in [1.82, 2.24) is 10.3 Å². The summed E-state index contributed by atoms with van der Waals surface area (Å²) in [5.74, 6) is -0.991. The van der Waals surface area contributed by atoms with Gasteiger partial charge in [0, 0.05) is 29.8 Å². The van der Waals surface area contributed by atoms with Gasteiger partial charge in [0.25, 0.3) is 5.91 Å². The largest absolute Gasteiger partial charge is 0.449 e. The first-order valence-corrected chi connectivity index (χ1v) is 9.06. The lowest BCUT2D eigenvalue weighted by Gasteiger charge is -2.14. The van der Waals surface area contributed by atoms with Crippen molar-refractivity contribution in [3.8, 4) is 0 Å². The molecule has 0 radical (unpaired) electrons. The van der Waals surface area contributed by atoms with Gasteiger partial charge in [-0.25, -0.2) is 9.78 Å². The molecule has 6 nitrogen and oxygen atoms in total. The maximum absolute atomic E-state index is 12.5. The second-order valence-electron chi connectivity index (χ2n) is 5.24. The molecule has 0 aliphatic heterocycles. The number of methoxy groups -OCH3 is 1. The Morgan fingerprint density at radius 3 is 2.69 bits per heavy atom. The summed E-state index contributed by atoms with van der Waals surface area (Å²) < 4.78 is 10.1. The quantitative estimate of drug-likeness (QED) is 0.547. The average Bonchev–Trinajstić information content (AvgIpc) is 2.64. The van der Waals surface area contributed by atoms with Crippen LogP contribution in [0.1, 0.15) is 17.3 Å². The molecule has 0 fully saturated rings. The Balaban J connectivity index is 2.04. The van der Waals surface area contributed by atoms with Crippen molar-refractivity contribution < 1.29 is 19.1 Å². The number of rotatable bonds is 8. The molecule has 0 bridgehead atoms. The van der Waals surface area contributed by atoms with Crippen LogP contribution in [0.2, 0.25) is 5.02 Å². The van der Waals surface area contributed by atoms with Crippen LogP contribution in [0.15, 0.2) is 52.5 Å². The third kappa shape index (κ3) is 6.01. The second kappa shape index (κ2) is 10.2. The lowest BCUT2D eigenvalue weighted by molar-refractivity contribution is -0.129. The Bertz CT molecular complexity index is 755. The fraction of sp³-hybridized carbons (Fsp3) is 0.278. The molecule has 0 saturated carbocycles. The van der Waals surface area contributed by atoms with Crippen LogP contribution in [0.25, 0.3) is 0 Å². The van der Waals surface area contributed by atoms with Gasteiger partial charge in [-0.2, -0.15) is 0 Å². The van der Waals surface area contributed by atoms with Gasteiger partial charge in [-0.05, 0) is 43.3 Å². The molecule has 2 rings (SSSR count). The monoisotopic (exact) mass is 394 g/mol. The molecule has 1 amide bonds. The second-order valence-corrected chi connectivity index (χ2v) is 6.74. The Morgan fingerprint density at radius 1 is 1.27 bits per heavy atom. The number of hydrogen-bond donors (Lipinski definition) is 1. The van der Waals surface area contributed by atoms with E-state index < -0.39 is 12.1 Å². The van der Waals surface area contributed by atoms with Gasteiger partial charge in [0.1, 0.15) is 5.03 Å². The number of amides is 1. The SMILES string of the molecule is COCCNC(=O)[C@H](C)OC(=O)c1cccnc1Sc1ccc(Cl)cc1. The Labute approximate surface area is 161 Å². The molecule has 0 aliphatic rings. The van der Waals surface area contributed by atoms with E-state index in [9.17, 15) is 9.59 Å². The lowest BCUT2D eigenvalue weighted by Crippen LogP contribution is -2.37. The number of nitrogens with zero attached hydrogens (tertiary/aromatic N) is 1. The molecule has 1 N–H and O–H groups in total. The number of pyridine rings is 1. The first-order chi connectivity index (χ1) is 12.5. The Kier molecular flexibility index (Phi) is 7.90. The first kappa shape index (κ1) is 20.2. The fourth-order valence-corrected chi connectivity index (χ4v) is 2.94. The number of halogens is 1. The standard InChI is InChI=1S/C18H19ClN2O4S/c1-12(16(22)20-10-11-24-2)25-18(23)15-4-3-9-21-17(15)26-14-7-5-13(19)6-8-14/h3-9,12H,10-11H2,1-2H3,(H,20,22)/t12-/m0/s1. The minimum absolute atomic E-state index is 0.295. The van der Waals surface area contributed by atoms with Crippen LogP contribution in [-0.2, 0) is 14.3 Å². The van der Waals surface area contributed by atoms with Gasteiger partial charge in [0.2, 0.25) is 0 Å². The van der Waals surface area contributed by atoms with Crippen molar-refractivity contribution in [2.24, 2.45) is 0 Å². The highest BCUT2D eigenvalue weighted by Gasteiger charge is 2.21. The molecular weight excluding hydrogens is 376 g/mol. The van der Waals surface area contributed by atoms with Gasteiger partial charge in [-0.3, -0.25) is 4.79 Å². The number of hydrogen-bond acceptors (Lipinski definition) is 6. The zero-order valence-corrected chi connectivity index (χ0v) is 16.0. The molecule has 0 saturated heterocycles. The van der Waals surface area contributed by atoms with E-state index in [-0.39, 0.29) is 5.91 Å². The summed E-state index contributed by atoms with van der Waals surface area (Å²) in [6.07, 6.45) is 0.670. The maximum atomic E-state index is 12.5. The molecule has 1 heterocycles. The van der Waals surface area contributed by atoms with Crippen molar-refractivity contribution in [3.05, 3.63) is 53.2 Å². The van der Waals surface area contributed by atoms with Crippen LogP contribution in [0.3, 0.4) is 0 Å². The molecular formula is C18H19ClN2O4S. The van der Waals surface area contributed by atoms with Crippen LogP contribution >= 0.6 is 23.4 Å². The molecule has 2 aromatic rings. The van der Waals surface area contributed by atoms with Crippen LogP contribution in [0.4, 0.5) is 0 Å². The van der Waals surface area contributed by atoms with Gasteiger partial charge in [-0.15, -0.1) is 0 Å². The third-order valence-electron chi connectivity index (χ3n) is 3.28. The van der Waals surface area contributed by atoms with Gasteiger partial charge < -0.3 is 14.8 Å². The van der Waals surface area contributed by atoms with E-state index in [2.05, 4.69) is 10.3 Å². The molecule has 0 unspecified atom stereocenters. The van der Waals surface area contributed by atoms with E-state index in [1.54, 1.807) is 30.5 Å². The van der Waals surface area contributed by atoms with Crippen molar-refractivity contribution in [3.63, 3.8) is 0 Å². The van der Waals surface area contributed by atoms with Crippen molar-refractivity contribution >= 4 is 35.2 Å². The zero-order chi connectivity index (χ0) is 18.9. The average molecular weight is 395 g/mol. The normalized spacial score (nSPS) is 11.7. The number of esters is 1. The summed E-state index contributed by atoms with van der Waals surface area (Å²) in [6, 6.07) is 10.5. The van der Waals surface area contributed by atoms with Crippen LogP contribution in [-0.4, -0.2) is 43.2 Å².